The van der Waals surface area contributed by atoms with Crippen molar-refractivity contribution in [3.05, 3.63) is 75.8 Å². The van der Waals surface area contributed by atoms with Crippen LogP contribution >= 0.6 is 23.2 Å². The zero-order valence-corrected chi connectivity index (χ0v) is 15.8. The molecule has 1 N–H and O–H groups in total. The molecule has 4 rings (SSSR count). The summed E-state index contributed by atoms with van der Waals surface area (Å²) < 4.78 is 5.81. The predicted molar refractivity (Wildman–Crippen MR) is 110 cm³/mol. The first-order valence-electron chi connectivity index (χ1n) is 8.20. The molecule has 6 heteroatoms. The van der Waals surface area contributed by atoms with E-state index < -0.39 is 0 Å². The van der Waals surface area contributed by atoms with E-state index in [0.717, 1.165) is 16.6 Å². The molecule has 0 amide bonds. The van der Waals surface area contributed by atoms with Crippen LogP contribution in [0, 0.1) is 6.92 Å². The molecule has 0 atom stereocenters. The molecule has 0 bridgehead atoms. The molecule has 4 aromatic rings. The van der Waals surface area contributed by atoms with Crippen LogP contribution in [0.25, 0.3) is 22.6 Å². The summed E-state index contributed by atoms with van der Waals surface area (Å²) in [5, 5.41) is 11.3. The number of hydrogen-bond acceptors (Lipinski definition) is 4. The number of benzene rings is 3. The molecule has 0 radical (unpaired) electrons. The van der Waals surface area contributed by atoms with Crippen molar-refractivity contribution in [3.63, 3.8) is 0 Å². The lowest BCUT2D eigenvalue weighted by Gasteiger charge is -2.02. The second kappa shape index (κ2) is 7.06. The summed E-state index contributed by atoms with van der Waals surface area (Å²) in [5.74, 6) is 0.418. The van der Waals surface area contributed by atoms with E-state index in [1.165, 1.54) is 0 Å². The van der Waals surface area contributed by atoms with Crippen LogP contribution in [0.5, 0.6) is 5.75 Å². The number of para-hydroxylation sites is 1. The molecule has 27 heavy (non-hydrogen) atoms. The number of phenolic OH excluding ortho intramolecular Hbond substituents is 1. The fourth-order valence-electron chi connectivity index (χ4n) is 2.73. The van der Waals surface area contributed by atoms with Gasteiger partial charge >= 0.3 is 0 Å². The summed E-state index contributed by atoms with van der Waals surface area (Å²) in [6.07, 6.45) is 1.64. The van der Waals surface area contributed by atoms with Crippen molar-refractivity contribution < 1.29 is 9.52 Å². The largest absolute Gasteiger partial charge is 0.507 e. The molecule has 1 aromatic heterocycles. The third-order valence-corrected chi connectivity index (χ3v) is 4.71. The Bertz CT molecular complexity index is 1180. The normalized spacial score (nSPS) is 11.5. The highest BCUT2D eigenvalue weighted by atomic mass is 35.5. The van der Waals surface area contributed by atoms with Crippen LogP contribution in [0.2, 0.25) is 10.0 Å². The lowest BCUT2D eigenvalue weighted by Crippen LogP contribution is -1.83. The monoisotopic (exact) mass is 396 g/mol. The Morgan fingerprint density at radius 3 is 2.70 bits per heavy atom. The molecule has 3 aromatic carbocycles. The first-order chi connectivity index (χ1) is 13.0. The quantitative estimate of drug-likeness (QED) is 0.398. The Balaban J connectivity index is 1.72. The molecular weight excluding hydrogens is 383 g/mol. The minimum atomic E-state index is 0.0719. The van der Waals surface area contributed by atoms with Gasteiger partial charge in [-0.2, -0.15) is 0 Å². The van der Waals surface area contributed by atoms with Gasteiger partial charge in [0, 0.05) is 16.8 Å². The van der Waals surface area contributed by atoms with E-state index in [0.29, 0.717) is 32.8 Å². The van der Waals surface area contributed by atoms with E-state index in [2.05, 4.69) is 9.98 Å². The van der Waals surface area contributed by atoms with Gasteiger partial charge in [-0.05, 0) is 48.9 Å². The second-order valence-electron chi connectivity index (χ2n) is 6.07. The number of rotatable bonds is 3. The summed E-state index contributed by atoms with van der Waals surface area (Å²) >= 11 is 12.1. The van der Waals surface area contributed by atoms with Gasteiger partial charge in [0.25, 0.3) is 0 Å². The molecule has 0 unspecified atom stereocenters. The minimum absolute atomic E-state index is 0.0719. The van der Waals surface area contributed by atoms with Gasteiger partial charge < -0.3 is 9.52 Å². The van der Waals surface area contributed by atoms with Crippen molar-refractivity contribution in [3.8, 4) is 17.2 Å². The standard InChI is InChI=1S/C21H14Cl2N2O2/c1-12-3-2-4-19-20(12)25-21(27-19)16-10-15(7-8-18(16)26)24-11-13-5-6-14(22)9-17(13)23/h2-11,26H,1H3. The molecule has 0 aliphatic rings. The van der Waals surface area contributed by atoms with Crippen molar-refractivity contribution in [1.82, 2.24) is 4.98 Å². The Hall–Kier alpha value is -2.82. The molecule has 134 valence electrons. The highest BCUT2D eigenvalue weighted by Crippen LogP contribution is 2.34. The second-order valence-corrected chi connectivity index (χ2v) is 6.91. The van der Waals surface area contributed by atoms with Crippen molar-refractivity contribution in [2.45, 2.75) is 6.92 Å². The number of fused-ring (bicyclic) bond motifs is 1. The van der Waals surface area contributed by atoms with Gasteiger partial charge in [-0.3, -0.25) is 4.99 Å². The highest BCUT2D eigenvalue weighted by molar-refractivity contribution is 6.36. The van der Waals surface area contributed by atoms with E-state index >= 15 is 0 Å². The topological polar surface area (TPSA) is 58.6 Å². The van der Waals surface area contributed by atoms with Gasteiger partial charge in [-0.25, -0.2) is 4.98 Å². The lowest BCUT2D eigenvalue weighted by atomic mass is 10.1. The molecule has 0 fully saturated rings. The average Bonchev–Trinajstić information content (AvgIpc) is 3.07. The number of hydrogen-bond donors (Lipinski definition) is 1. The summed E-state index contributed by atoms with van der Waals surface area (Å²) in [6.45, 7) is 1.96. The van der Waals surface area contributed by atoms with Gasteiger partial charge in [0.2, 0.25) is 5.89 Å². The smallest absolute Gasteiger partial charge is 0.231 e. The number of aromatic hydroxyl groups is 1. The molecule has 0 saturated carbocycles. The first kappa shape index (κ1) is 17.6. The predicted octanol–water partition coefficient (Wildman–Crippen LogP) is 6.57. The molecule has 4 nitrogen and oxygen atoms in total. The van der Waals surface area contributed by atoms with Crippen LogP contribution in [0.3, 0.4) is 0 Å². The van der Waals surface area contributed by atoms with E-state index in [-0.39, 0.29) is 5.75 Å². The van der Waals surface area contributed by atoms with Crippen LogP contribution in [0.1, 0.15) is 11.1 Å². The number of nitrogens with zero attached hydrogens (tertiary/aromatic N) is 2. The van der Waals surface area contributed by atoms with E-state index in [1.54, 1.807) is 42.6 Å². The number of halogens is 2. The fraction of sp³-hybridized carbons (Fsp3) is 0.0476. The van der Waals surface area contributed by atoms with Crippen LogP contribution in [0.15, 0.2) is 64.0 Å². The SMILES string of the molecule is Cc1cccc2oc(-c3cc(N=Cc4ccc(Cl)cc4Cl)ccc3O)nc12. The molecule has 0 saturated heterocycles. The minimum Gasteiger partial charge on any atom is -0.507 e. The number of oxazole rings is 1. The maximum atomic E-state index is 10.3. The van der Waals surface area contributed by atoms with Gasteiger partial charge in [0.05, 0.1) is 16.3 Å². The molecular formula is C21H14Cl2N2O2. The van der Waals surface area contributed by atoms with Crippen molar-refractivity contribution >= 4 is 46.2 Å². The Labute approximate surface area is 165 Å². The van der Waals surface area contributed by atoms with E-state index in [1.807, 2.05) is 25.1 Å². The van der Waals surface area contributed by atoms with Crippen molar-refractivity contribution in [2.75, 3.05) is 0 Å². The molecule has 0 spiro atoms. The zero-order chi connectivity index (χ0) is 19.0. The van der Waals surface area contributed by atoms with Gasteiger partial charge in [-0.1, -0.05) is 41.4 Å². The molecule has 0 aliphatic carbocycles. The van der Waals surface area contributed by atoms with Crippen LogP contribution in [-0.4, -0.2) is 16.3 Å². The molecule has 1 heterocycles. The maximum Gasteiger partial charge on any atom is 0.231 e. The van der Waals surface area contributed by atoms with E-state index in [9.17, 15) is 5.11 Å². The van der Waals surface area contributed by atoms with Crippen LogP contribution < -0.4 is 0 Å². The zero-order valence-electron chi connectivity index (χ0n) is 14.3. The molecule has 0 aliphatic heterocycles. The maximum absolute atomic E-state index is 10.3. The summed E-state index contributed by atoms with van der Waals surface area (Å²) in [4.78, 5) is 8.94. The Kier molecular flexibility index (Phi) is 4.60. The third-order valence-electron chi connectivity index (χ3n) is 4.15. The van der Waals surface area contributed by atoms with Crippen molar-refractivity contribution in [1.29, 1.82) is 0 Å². The third kappa shape index (κ3) is 3.54. The number of aromatic nitrogens is 1. The van der Waals surface area contributed by atoms with Crippen molar-refractivity contribution in [2.24, 2.45) is 4.99 Å². The average molecular weight is 397 g/mol. The van der Waals surface area contributed by atoms with Gasteiger partial charge in [0.15, 0.2) is 5.58 Å². The van der Waals surface area contributed by atoms with E-state index in [4.69, 9.17) is 27.6 Å². The number of aliphatic imine (C=N–C) groups is 1. The lowest BCUT2D eigenvalue weighted by molar-refractivity contribution is 0.474. The Morgan fingerprint density at radius 2 is 1.93 bits per heavy atom. The van der Waals surface area contributed by atoms with Gasteiger partial charge in [0.1, 0.15) is 11.3 Å². The van der Waals surface area contributed by atoms with Crippen LogP contribution in [-0.2, 0) is 0 Å². The number of aryl methyl sites for hydroxylation is 1. The number of phenols is 1. The summed E-state index contributed by atoms with van der Waals surface area (Å²) in [6, 6.07) is 15.9. The summed E-state index contributed by atoms with van der Waals surface area (Å²) in [5.41, 5.74) is 4.30. The van der Waals surface area contributed by atoms with Crippen LogP contribution in [0.4, 0.5) is 5.69 Å². The highest BCUT2D eigenvalue weighted by Gasteiger charge is 2.14. The Morgan fingerprint density at radius 1 is 1.07 bits per heavy atom. The fourth-order valence-corrected chi connectivity index (χ4v) is 3.18. The first-order valence-corrected chi connectivity index (χ1v) is 8.95. The summed E-state index contributed by atoms with van der Waals surface area (Å²) in [7, 11) is 0. The van der Waals surface area contributed by atoms with Gasteiger partial charge in [-0.15, -0.1) is 0 Å².